The fourth-order valence-corrected chi connectivity index (χ4v) is 5.16. The molecule has 34 heavy (non-hydrogen) atoms. The van der Waals surface area contributed by atoms with Gasteiger partial charge in [-0.3, -0.25) is 24.6 Å². The lowest BCUT2D eigenvalue weighted by molar-refractivity contribution is 0.0610. The second-order valence-corrected chi connectivity index (χ2v) is 9.75. The molecule has 3 heterocycles. The third kappa shape index (κ3) is 3.79. The molecule has 8 nitrogen and oxygen atoms in total. The third-order valence-corrected chi connectivity index (χ3v) is 7.18. The number of piperidine rings is 1. The van der Waals surface area contributed by atoms with E-state index in [1.807, 2.05) is 49.9 Å². The van der Waals surface area contributed by atoms with Gasteiger partial charge in [-0.1, -0.05) is 18.2 Å². The summed E-state index contributed by atoms with van der Waals surface area (Å²) in [4.78, 5) is 43.2. The molecular weight excluding hydrogens is 430 g/mol. The Kier molecular flexibility index (Phi) is 5.31. The highest BCUT2D eigenvalue weighted by Gasteiger charge is 2.36. The van der Waals surface area contributed by atoms with E-state index in [2.05, 4.69) is 20.5 Å². The Hall–Kier alpha value is -3.81. The average molecular weight is 460 g/mol. The molecule has 176 valence electrons. The number of aromatic amines is 3. The number of fused-ring (bicyclic) bond motifs is 2. The van der Waals surface area contributed by atoms with Crippen molar-refractivity contribution in [2.75, 3.05) is 13.1 Å². The second kappa shape index (κ2) is 8.20. The number of rotatable bonds is 4. The van der Waals surface area contributed by atoms with Gasteiger partial charge in [-0.2, -0.15) is 0 Å². The molecule has 0 aliphatic carbocycles. The van der Waals surface area contributed by atoms with Gasteiger partial charge in [0.25, 0.3) is 17.4 Å². The van der Waals surface area contributed by atoms with Crippen LogP contribution < -0.4 is 10.9 Å². The molecule has 1 saturated heterocycles. The highest BCUT2D eigenvalue weighted by Crippen LogP contribution is 2.31. The van der Waals surface area contributed by atoms with Crippen LogP contribution in [0.3, 0.4) is 0 Å². The zero-order valence-corrected chi connectivity index (χ0v) is 19.6. The topological polar surface area (TPSA) is 114 Å². The number of para-hydroxylation sites is 1. The Morgan fingerprint density at radius 2 is 1.74 bits per heavy atom. The van der Waals surface area contributed by atoms with Gasteiger partial charge in [-0.05, 0) is 63.8 Å². The Bertz CT molecular complexity index is 1450. The number of hydrogen-bond acceptors (Lipinski definition) is 3. The summed E-state index contributed by atoms with van der Waals surface area (Å²) >= 11 is 0. The number of carbonyl (C=O) groups is 2. The summed E-state index contributed by atoms with van der Waals surface area (Å²) in [5, 5.41) is 9.98. The molecule has 2 amide bonds. The van der Waals surface area contributed by atoms with Crippen LogP contribution in [0.2, 0.25) is 0 Å². The summed E-state index contributed by atoms with van der Waals surface area (Å²) in [5.74, 6) is 0.117. The van der Waals surface area contributed by atoms with Crippen LogP contribution in [0.25, 0.3) is 21.8 Å². The van der Waals surface area contributed by atoms with E-state index in [4.69, 9.17) is 0 Å². The van der Waals surface area contributed by atoms with E-state index in [1.54, 1.807) is 18.2 Å². The lowest BCUT2D eigenvalue weighted by Crippen LogP contribution is -2.53. The first-order chi connectivity index (χ1) is 16.2. The number of benzene rings is 2. The molecule has 0 unspecified atom stereocenters. The van der Waals surface area contributed by atoms with E-state index >= 15 is 0 Å². The third-order valence-electron chi connectivity index (χ3n) is 7.18. The maximum Gasteiger partial charge on any atom is 0.271 e. The van der Waals surface area contributed by atoms with Crippen LogP contribution in [-0.2, 0) is 0 Å². The maximum atomic E-state index is 13.3. The maximum absolute atomic E-state index is 13.3. The molecule has 0 bridgehead atoms. The normalized spacial score (nSPS) is 15.2. The van der Waals surface area contributed by atoms with Crippen molar-refractivity contribution in [2.24, 2.45) is 5.92 Å². The fraction of sp³-hybridized carbons (Fsp3) is 0.346. The van der Waals surface area contributed by atoms with Crippen molar-refractivity contribution < 1.29 is 9.59 Å². The standard InChI is InChI=1S/C26H29N5O3/c1-15-22(18-6-4-5-7-20(18)27-15)25(34)31-12-10-17(11-13-31)26(2,3)28-23(32)16-8-9-19-21(14-16)29-30-24(19)33/h4-9,14,17,27H,10-13H2,1-3H3,(H,28,32)(H2,29,30,33). The zero-order chi connectivity index (χ0) is 24.0. The molecule has 2 aromatic carbocycles. The Labute approximate surface area is 196 Å². The predicted octanol–water partition coefficient (Wildman–Crippen LogP) is 3.71. The van der Waals surface area contributed by atoms with Gasteiger partial charge < -0.3 is 15.2 Å². The molecule has 5 rings (SSSR count). The monoisotopic (exact) mass is 459 g/mol. The Balaban J connectivity index is 1.25. The molecule has 0 atom stereocenters. The van der Waals surface area contributed by atoms with Crippen LogP contribution in [-0.4, -0.2) is 50.5 Å². The van der Waals surface area contributed by atoms with Gasteiger partial charge in [-0.25, -0.2) is 0 Å². The van der Waals surface area contributed by atoms with Crippen LogP contribution in [0, 0.1) is 12.8 Å². The van der Waals surface area contributed by atoms with Crippen LogP contribution in [0.15, 0.2) is 47.3 Å². The lowest BCUT2D eigenvalue weighted by Gasteiger charge is -2.41. The zero-order valence-electron chi connectivity index (χ0n) is 19.6. The number of likely N-dealkylation sites (tertiary alicyclic amines) is 1. The number of amides is 2. The molecule has 0 spiro atoms. The summed E-state index contributed by atoms with van der Waals surface area (Å²) in [6.45, 7) is 7.32. The molecule has 1 aliphatic heterocycles. The van der Waals surface area contributed by atoms with Gasteiger partial charge in [0, 0.05) is 40.8 Å². The quantitative estimate of drug-likeness (QED) is 0.373. The Morgan fingerprint density at radius 1 is 1.00 bits per heavy atom. The summed E-state index contributed by atoms with van der Waals surface area (Å²) < 4.78 is 0. The number of hydrogen-bond donors (Lipinski definition) is 4. The van der Waals surface area contributed by atoms with E-state index in [-0.39, 0.29) is 23.3 Å². The van der Waals surface area contributed by atoms with Crippen LogP contribution in [0.5, 0.6) is 0 Å². The minimum atomic E-state index is -0.441. The number of carbonyl (C=O) groups excluding carboxylic acids is 2. The fourth-order valence-electron chi connectivity index (χ4n) is 5.16. The molecule has 0 saturated carbocycles. The van der Waals surface area contributed by atoms with Crippen molar-refractivity contribution in [3.8, 4) is 0 Å². The van der Waals surface area contributed by atoms with Crippen molar-refractivity contribution in [3.05, 3.63) is 69.6 Å². The summed E-state index contributed by atoms with van der Waals surface area (Å²) in [5.41, 5.74) is 3.08. The number of nitrogens with one attached hydrogen (secondary N) is 4. The highest BCUT2D eigenvalue weighted by atomic mass is 16.2. The molecule has 4 aromatic rings. The molecule has 8 heteroatoms. The predicted molar refractivity (Wildman–Crippen MR) is 132 cm³/mol. The highest BCUT2D eigenvalue weighted by molar-refractivity contribution is 6.08. The minimum absolute atomic E-state index is 0.0593. The van der Waals surface area contributed by atoms with Crippen LogP contribution >= 0.6 is 0 Å². The van der Waals surface area contributed by atoms with Crippen LogP contribution in [0.4, 0.5) is 0 Å². The first-order valence-corrected chi connectivity index (χ1v) is 11.6. The molecule has 1 aliphatic rings. The molecule has 0 radical (unpaired) electrons. The summed E-state index contributed by atoms with van der Waals surface area (Å²) in [6, 6.07) is 12.9. The van der Waals surface area contributed by atoms with E-state index in [9.17, 15) is 14.4 Å². The first kappa shape index (κ1) is 22.0. The summed E-state index contributed by atoms with van der Waals surface area (Å²) in [6.07, 6.45) is 1.62. The first-order valence-electron chi connectivity index (χ1n) is 11.6. The average Bonchev–Trinajstić information content (AvgIpc) is 3.37. The smallest absolute Gasteiger partial charge is 0.271 e. The Morgan fingerprint density at radius 3 is 2.50 bits per heavy atom. The van der Waals surface area contributed by atoms with E-state index in [0.717, 1.165) is 35.0 Å². The SMILES string of the molecule is Cc1[nH]c2ccccc2c1C(=O)N1CCC(C(C)(C)NC(=O)c2ccc3c(=O)[nH][nH]c3c2)CC1. The van der Waals surface area contributed by atoms with Crippen molar-refractivity contribution in [1.82, 2.24) is 25.4 Å². The molecular formula is C26H29N5O3. The van der Waals surface area contributed by atoms with E-state index in [1.165, 1.54) is 0 Å². The van der Waals surface area contributed by atoms with E-state index < -0.39 is 5.54 Å². The largest absolute Gasteiger partial charge is 0.358 e. The van der Waals surface area contributed by atoms with Gasteiger partial charge in [0.2, 0.25) is 0 Å². The second-order valence-electron chi connectivity index (χ2n) is 9.75. The van der Waals surface area contributed by atoms with E-state index in [0.29, 0.717) is 29.6 Å². The van der Waals surface area contributed by atoms with Crippen molar-refractivity contribution in [2.45, 2.75) is 39.2 Å². The van der Waals surface area contributed by atoms with Crippen LogP contribution in [0.1, 0.15) is 53.1 Å². The minimum Gasteiger partial charge on any atom is -0.358 e. The number of H-pyrrole nitrogens is 3. The number of aryl methyl sites for hydroxylation is 1. The van der Waals surface area contributed by atoms with Crippen molar-refractivity contribution in [3.63, 3.8) is 0 Å². The van der Waals surface area contributed by atoms with Crippen molar-refractivity contribution in [1.29, 1.82) is 0 Å². The molecule has 1 fully saturated rings. The van der Waals surface area contributed by atoms with Gasteiger partial charge in [0.05, 0.1) is 16.5 Å². The molecule has 4 N–H and O–H groups in total. The number of nitrogens with zero attached hydrogens (tertiary/aromatic N) is 1. The van der Waals surface area contributed by atoms with Crippen molar-refractivity contribution >= 4 is 33.6 Å². The van der Waals surface area contributed by atoms with Gasteiger partial charge in [0.1, 0.15) is 0 Å². The lowest BCUT2D eigenvalue weighted by atomic mass is 9.80. The molecule has 2 aromatic heterocycles. The number of aromatic nitrogens is 3. The van der Waals surface area contributed by atoms with Gasteiger partial charge in [-0.15, -0.1) is 0 Å². The van der Waals surface area contributed by atoms with Gasteiger partial charge >= 0.3 is 0 Å². The van der Waals surface area contributed by atoms with Gasteiger partial charge in [0.15, 0.2) is 0 Å². The summed E-state index contributed by atoms with van der Waals surface area (Å²) in [7, 11) is 0.